The molecule has 0 bridgehead atoms. The number of rotatable bonds is 5. The molecule has 0 radical (unpaired) electrons. The van der Waals surface area contributed by atoms with Crippen LogP contribution in [0.2, 0.25) is 0 Å². The maximum Gasteiger partial charge on any atom is 0.307 e. The molecule has 0 saturated heterocycles. The van der Waals surface area contributed by atoms with Gasteiger partial charge in [-0.15, -0.1) is 0 Å². The molecule has 0 atom stereocenters. The number of aryl methyl sites for hydroxylation is 1. The highest BCUT2D eigenvalue weighted by molar-refractivity contribution is 7.91. The lowest BCUT2D eigenvalue weighted by Crippen LogP contribution is -2.07. The van der Waals surface area contributed by atoms with E-state index in [9.17, 15) is 13.2 Å². The normalized spacial score (nSPS) is 12.3. The molecule has 0 aromatic heterocycles. The third kappa shape index (κ3) is 4.87. The van der Waals surface area contributed by atoms with Gasteiger partial charge in [0.1, 0.15) is 5.76 Å². The first-order valence-electron chi connectivity index (χ1n) is 6.02. The highest BCUT2D eigenvalue weighted by atomic mass is 32.2. The third-order valence-electron chi connectivity index (χ3n) is 2.53. The van der Waals surface area contributed by atoms with Crippen LogP contribution in [0.4, 0.5) is 0 Å². The number of hydrogen-bond acceptors (Lipinski definition) is 4. The van der Waals surface area contributed by atoms with Crippen molar-refractivity contribution in [2.24, 2.45) is 0 Å². The summed E-state index contributed by atoms with van der Waals surface area (Å²) < 4.78 is 29.0. The highest BCUT2D eigenvalue weighted by Gasteiger charge is 2.13. The Morgan fingerprint density at radius 2 is 1.84 bits per heavy atom. The van der Waals surface area contributed by atoms with Gasteiger partial charge in [0, 0.05) is 13.3 Å². The monoisotopic (exact) mass is 282 g/mol. The number of hydrogen-bond donors (Lipinski definition) is 0. The Bertz CT molecular complexity index is 568. The minimum Gasteiger partial charge on any atom is -0.432 e. The minimum absolute atomic E-state index is 0.174. The first-order chi connectivity index (χ1) is 8.85. The van der Waals surface area contributed by atoms with Crippen molar-refractivity contribution >= 4 is 15.8 Å². The molecule has 0 N–H and O–H groups in total. The van der Waals surface area contributed by atoms with Gasteiger partial charge in [-0.3, -0.25) is 4.79 Å². The molecule has 19 heavy (non-hydrogen) atoms. The first kappa shape index (κ1) is 15.4. The lowest BCUT2D eigenvalue weighted by molar-refractivity contribution is -0.137. The SMILES string of the molecule is CC/C(=C/CS(=O)(=O)c1ccc(C)cc1)OC(C)=O. The van der Waals surface area contributed by atoms with Gasteiger partial charge in [-0.2, -0.15) is 0 Å². The van der Waals surface area contributed by atoms with Gasteiger partial charge in [-0.25, -0.2) is 8.42 Å². The zero-order valence-corrected chi connectivity index (χ0v) is 12.2. The number of ether oxygens (including phenoxy) is 1. The molecule has 5 heteroatoms. The van der Waals surface area contributed by atoms with Crippen LogP contribution in [-0.4, -0.2) is 20.1 Å². The molecular weight excluding hydrogens is 264 g/mol. The maximum absolute atomic E-state index is 12.1. The summed E-state index contributed by atoms with van der Waals surface area (Å²) in [6.07, 6.45) is 1.92. The zero-order valence-electron chi connectivity index (χ0n) is 11.3. The summed E-state index contributed by atoms with van der Waals surface area (Å²) in [5.41, 5.74) is 1.00. The van der Waals surface area contributed by atoms with Crippen LogP contribution in [-0.2, 0) is 19.4 Å². The molecule has 4 nitrogen and oxygen atoms in total. The van der Waals surface area contributed by atoms with Crippen LogP contribution in [0.3, 0.4) is 0 Å². The van der Waals surface area contributed by atoms with Gasteiger partial charge in [-0.1, -0.05) is 24.6 Å². The minimum atomic E-state index is -3.39. The van der Waals surface area contributed by atoms with Gasteiger partial charge in [-0.05, 0) is 25.1 Å². The molecule has 0 aliphatic rings. The predicted molar refractivity (Wildman–Crippen MR) is 73.4 cm³/mol. The molecule has 0 aliphatic carbocycles. The number of carbonyl (C=O) groups is 1. The molecule has 0 unspecified atom stereocenters. The van der Waals surface area contributed by atoms with Crippen molar-refractivity contribution in [1.29, 1.82) is 0 Å². The number of benzene rings is 1. The van der Waals surface area contributed by atoms with Crippen molar-refractivity contribution in [1.82, 2.24) is 0 Å². The van der Waals surface area contributed by atoms with Crippen molar-refractivity contribution in [3.63, 3.8) is 0 Å². The van der Waals surface area contributed by atoms with Crippen LogP contribution in [0.15, 0.2) is 41.0 Å². The van der Waals surface area contributed by atoms with E-state index in [0.717, 1.165) is 5.56 Å². The molecule has 1 aromatic carbocycles. The standard InChI is InChI=1S/C14H18O4S/c1-4-13(18-12(3)15)9-10-19(16,17)14-7-5-11(2)6-8-14/h5-9H,4,10H2,1-3H3/b13-9-. The van der Waals surface area contributed by atoms with Crippen LogP contribution in [0.25, 0.3) is 0 Å². The van der Waals surface area contributed by atoms with E-state index >= 15 is 0 Å². The van der Waals surface area contributed by atoms with Gasteiger partial charge >= 0.3 is 5.97 Å². The van der Waals surface area contributed by atoms with E-state index in [0.29, 0.717) is 12.2 Å². The summed E-state index contributed by atoms with van der Waals surface area (Å²) in [7, 11) is -3.39. The Labute approximate surface area is 114 Å². The lowest BCUT2D eigenvalue weighted by Gasteiger charge is -2.05. The van der Waals surface area contributed by atoms with Crippen molar-refractivity contribution in [3.8, 4) is 0 Å². The lowest BCUT2D eigenvalue weighted by atomic mass is 10.2. The van der Waals surface area contributed by atoms with Crippen molar-refractivity contribution in [2.75, 3.05) is 5.75 Å². The quantitative estimate of drug-likeness (QED) is 0.615. The predicted octanol–water partition coefficient (Wildman–Crippen LogP) is 2.63. The average Bonchev–Trinajstić information content (AvgIpc) is 2.34. The molecule has 104 valence electrons. The van der Waals surface area contributed by atoms with Crippen molar-refractivity contribution < 1.29 is 17.9 Å². The number of carbonyl (C=O) groups excluding carboxylic acids is 1. The van der Waals surface area contributed by atoms with Gasteiger partial charge < -0.3 is 4.74 Å². The van der Waals surface area contributed by atoms with Crippen molar-refractivity contribution in [2.45, 2.75) is 32.1 Å². The van der Waals surface area contributed by atoms with Gasteiger partial charge in [0.15, 0.2) is 9.84 Å². The fourth-order valence-electron chi connectivity index (χ4n) is 1.49. The van der Waals surface area contributed by atoms with E-state index in [1.807, 2.05) is 6.92 Å². The Balaban J connectivity index is 2.88. The van der Waals surface area contributed by atoms with Crippen LogP contribution in [0.5, 0.6) is 0 Å². The topological polar surface area (TPSA) is 60.4 Å². The van der Waals surface area contributed by atoms with Gasteiger partial charge in [0.25, 0.3) is 0 Å². The zero-order chi connectivity index (χ0) is 14.5. The Hall–Kier alpha value is -1.62. The van der Waals surface area contributed by atoms with E-state index in [1.165, 1.54) is 13.0 Å². The number of esters is 1. The largest absolute Gasteiger partial charge is 0.432 e. The maximum atomic E-state index is 12.1. The van der Waals surface area contributed by atoms with E-state index in [4.69, 9.17) is 4.74 Å². The molecule has 0 heterocycles. The second-order valence-corrected chi connectivity index (χ2v) is 6.25. The molecule has 0 spiro atoms. The average molecular weight is 282 g/mol. The summed E-state index contributed by atoms with van der Waals surface area (Å²) in [5.74, 6) is -0.240. The van der Waals surface area contributed by atoms with Crippen LogP contribution in [0, 0.1) is 6.92 Å². The molecule has 1 aromatic rings. The molecule has 1 rings (SSSR count). The van der Waals surface area contributed by atoms with Crippen LogP contribution in [0.1, 0.15) is 25.8 Å². The Kier molecular flexibility index (Phi) is 5.30. The third-order valence-corrected chi connectivity index (χ3v) is 4.13. The van der Waals surface area contributed by atoms with E-state index < -0.39 is 15.8 Å². The Morgan fingerprint density at radius 3 is 2.32 bits per heavy atom. The van der Waals surface area contributed by atoms with E-state index in [-0.39, 0.29) is 10.6 Å². The fourth-order valence-corrected chi connectivity index (χ4v) is 2.64. The molecule has 0 aliphatic heterocycles. The molecular formula is C14H18O4S. The second-order valence-electron chi connectivity index (χ2n) is 4.21. The van der Waals surface area contributed by atoms with Crippen LogP contribution >= 0.6 is 0 Å². The second kappa shape index (κ2) is 6.52. The molecule has 0 amide bonds. The molecule has 0 saturated carbocycles. The van der Waals surface area contributed by atoms with E-state index in [2.05, 4.69) is 0 Å². The van der Waals surface area contributed by atoms with Crippen LogP contribution < -0.4 is 0 Å². The summed E-state index contributed by atoms with van der Waals surface area (Å²) >= 11 is 0. The van der Waals surface area contributed by atoms with Gasteiger partial charge in [0.2, 0.25) is 0 Å². The number of sulfone groups is 1. The summed E-state index contributed by atoms with van der Waals surface area (Å²) in [5, 5.41) is 0. The Morgan fingerprint density at radius 1 is 1.26 bits per heavy atom. The highest BCUT2D eigenvalue weighted by Crippen LogP contribution is 2.14. The van der Waals surface area contributed by atoms with Gasteiger partial charge in [0.05, 0.1) is 10.6 Å². The van der Waals surface area contributed by atoms with Crippen molar-refractivity contribution in [3.05, 3.63) is 41.7 Å². The first-order valence-corrected chi connectivity index (χ1v) is 7.67. The smallest absolute Gasteiger partial charge is 0.307 e. The fraction of sp³-hybridized carbons (Fsp3) is 0.357. The summed E-state index contributed by atoms with van der Waals surface area (Å²) in [6.45, 7) is 4.98. The van der Waals surface area contributed by atoms with E-state index in [1.54, 1.807) is 31.2 Å². The summed E-state index contributed by atoms with van der Waals surface area (Å²) in [6, 6.07) is 6.67. The molecule has 0 fully saturated rings. The number of allylic oxidation sites excluding steroid dienone is 1. The summed E-state index contributed by atoms with van der Waals surface area (Å²) in [4.78, 5) is 11.1.